The zero-order chi connectivity index (χ0) is 12.3. The molecule has 0 atom stereocenters. The van der Waals surface area contributed by atoms with Crippen LogP contribution in [-0.2, 0) is 13.2 Å². The van der Waals surface area contributed by atoms with Crippen LogP contribution in [0.5, 0.6) is 0 Å². The first-order chi connectivity index (χ1) is 8.19. The van der Waals surface area contributed by atoms with Crippen molar-refractivity contribution in [2.75, 3.05) is 11.9 Å². The molecule has 0 saturated carbocycles. The van der Waals surface area contributed by atoms with Gasteiger partial charge in [0.05, 0.1) is 10.4 Å². The van der Waals surface area contributed by atoms with Gasteiger partial charge >= 0.3 is 0 Å². The monoisotopic (exact) mass is 311 g/mol. The summed E-state index contributed by atoms with van der Waals surface area (Å²) in [5, 5.41) is 11.1. The summed E-state index contributed by atoms with van der Waals surface area (Å²) in [6, 6.07) is 10.1. The number of rotatable bonds is 4. The Labute approximate surface area is 114 Å². The molecule has 0 fully saturated rings. The van der Waals surface area contributed by atoms with Crippen molar-refractivity contribution in [2.24, 2.45) is 0 Å². The summed E-state index contributed by atoms with van der Waals surface area (Å²) < 4.78 is 1.16. The molecule has 0 saturated heterocycles. The second kappa shape index (κ2) is 5.67. The maximum Gasteiger partial charge on any atom is 0.0701 e. The molecule has 2 nitrogen and oxygen atoms in total. The summed E-state index contributed by atoms with van der Waals surface area (Å²) >= 11 is 5.17. The molecule has 17 heavy (non-hydrogen) atoms. The zero-order valence-corrected chi connectivity index (χ0v) is 12.0. The first-order valence-corrected chi connectivity index (χ1v) is 7.00. The van der Waals surface area contributed by atoms with Gasteiger partial charge in [0, 0.05) is 19.3 Å². The Hall–Kier alpha value is -0.840. The lowest BCUT2D eigenvalue weighted by Crippen LogP contribution is -2.15. The second-order valence-corrected chi connectivity index (χ2v) is 6.23. The van der Waals surface area contributed by atoms with Crippen LogP contribution in [0.1, 0.15) is 11.1 Å². The number of aliphatic hydroxyl groups is 1. The first kappa shape index (κ1) is 12.6. The summed E-state index contributed by atoms with van der Waals surface area (Å²) in [5.41, 5.74) is 3.40. The summed E-state index contributed by atoms with van der Waals surface area (Å²) in [6.07, 6.45) is 0. The van der Waals surface area contributed by atoms with Gasteiger partial charge in [-0.3, -0.25) is 0 Å². The van der Waals surface area contributed by atoms with E-state index in [1.165, 1.54) is 5.56 Å². The van der Waals surface area contributed by atoms with Crippen molar-refractivity contribution < 1.29 is 5.11 Å². The second-order valence-electron chi connectivity index (χ2n) is 3.94. The van der Waals surface area contributed by atoms with Crippen LogP contribution in [0.4, 0.5) is 5.69 Å². The van der Waals surface area contributed by atoms with Gasteiger partial charge in [-0.05, 0) is 50.6 Å². The molecule has 1 aromatic heterocycles. The molecular weight excluding hydrogens is 298 g/mol. The fraction of sp³-hybridized carbons (Fsp3) is 0.231. The van der Waals surface area contributed by atoms with E-state index in [0.29, 0.717) is 0 Å². The van der Waals surface area contributed by atoms with Gasteiger partial charge in [0.15, 0.2) is 0 Å². The molecule has 1 heterocycles. The van der Waals surface area contributed by atoms with E-state index in [1.807, 2.05) is 24.3 Å². The van der Waals surface area contributed by atoms with Gasteiger partial charge in [-0.2, -0.15) is 0 Å². The van der Waals surface area contributed by atoms with Crippen LogP contribution in [-0.4, -0.2) is 12.2 Å². The van der Waals surface area contributed by atoms with Crippen LogP contribution in [0.3, 0.4) is 0 Å². The first-order valence-electron chi connectivity index (χ1n) is 5.33. The van der Waals surface area contributed by atoms with Crippen LogP contribution in [0, 0.1) is 0 Å². The van der Waals surface area contributed by atoms with Gasteiger partial charge in [0.25, 0.3) is 0 Å². The van der Waals surface area contributed by atoms with Crippen LogP contribution >= 0.6 is 27.3 Å². The average Bonchev–Trinajstić information content (AvgIpc) is 2.75. The number of halogens is 1. The van der Waals surface area contributed by atoms with E-state index in [2.05, 4.69) is 39.3 Å². The van der Waals surface area contributed by atoms with Gasteiger partial charge in [0.2, 0.25) is 0 Å². The Morgan fingerprint density at radius 2 is 1.94 bits per heavy atom. The topological polar surface area (TPSA) is 23.5 Å². The normalized spacial score (nSPS) is 10.5. The van der Waals surface area contributed by atoms with E-state index in [4.69, 9.17) is 5.11 Å². The smallest absolute Gasteiger partial charge is 0.0701 e. The lowest BCUT2D eigenvalue weighted by molar-refractivity contribution is 0.282. The molecule has 0 bridgehead atoms. The molecule has 0 amide bonds. The molecule has 4 heteroatoms. The minimum absolute atomic E-state index is 0.0987. The average molecular weight is 312 g/mol. The Bertz CT molecular complexity index is 480. The Kier molecular flexibility index (Phi) is 4.20. The summed E-state index contributed by atoms with van der Waals surface area (Å²) in [4.78, 5) is 2.19. The van der Waals surface area contributed by atoms with Crippen molar-refractivity contribution in [1.29, 1.82) is 0 Å². The molecule has 2 aromatic rings. The number of thiophene rings is 1. The number of hydrogen-bond donors (Lipinski definition) is 1. The Morgan fingerprint density at radius 3 is 2.47 bits per heavy atom. The summed E-state index contributed by atoms with van der Waals surface area (Å²) in [5.74, 6) is 0. The molecule has 0 aliphatic carbocycles. The molecular formula is C13H14BrNOS. The molecule has 0 radical (unpaired) electrons. The number of hydrogen-bond acceptors (Lipinski definition) is 3. The van der Waals surface area contributed by atoms with Gasteiger partial charge < -0.3 is 10.0 Å². The van der Waals surface area contributed by atoms with Crippen LogP contribution in [0.25, 0.3) is 0 Å². The van der Waals surface area contributed by atoms with Crippen molar-refractivity contribution in [2.45, 2.75) is 13.2 Å². The summed E-state index contributed by atoms with van der Waals surface area (Å²) in [6.45, 7) is 0.988. The molecule has 0 unspecified atom stereocenters. The highest BCUT2D eigenvalue weighted by atomic mass is 79.9. The van der Waals surface area contributed by atoms with Crippen molar-refractivity contribution >= 4 is 33.0 Å². The van der Waals surface area contributed by atoms with Crippen molar-refractivity contribution in [3.63, 3.8) is 0 Å². The van der Waals surface area contributed by atoms with Gasteiger partial charge in [-0.15, -0.1) is 11.3 Å². The SMILES string of the molecule is CN(Cc1csc(Br)c1)c1ccc(CO)cc1. The molecule has 0 aliphatic rings. The molecule has 0 spiro atoms. The van der Waals surface area contributed by atoms with E-state index in [1.54, 1.807) is 11.3 Å². The van der Waals surface area contributed by atoms with Crippen LogP contribution < -0.4 is 4.90 Å². The standard InChI is InChI=1S/C13H14BrNOS/c1-15(7-11-6-13(14)17-9-11)12-4-2-10(8-16)3-5-12/h2-6,9,16H,7-8H2,1H3. The van der Waals surface area contributed by atoms with Crippen LogP contribution in [0.2, 0.25) is 0 Å². The highest BCUT2D eigenvalue weighted by Crippen LogP contribution is 2.23. The van der Waals surface area contributed by atoms with E-state index in [9.17, 15) is 0 Å². The largest absolute Gasteiger partial charge is 0.392 e. The maximum atomic E-state index is 8.99. The third-order valence-electron chi connectivity index (χ3n) is 2.60. The lowest BCUT2D eigenvalue weighted by atomic mass is 10.2. The molecule has 1 N–H and O–H groups in total. The number of benzene rings is 1. The molecule has 0 aliphatic heterocycles. The Balaban J connectivity index is 2.06. The highest BCUT2D eigenvalue weighted by Gasteiger charge is 2.04. The fourth-order valence-corrected chi connectivity index (χ4v) is 2.85. The number of aliphatic hydroxyl groups excluding tert-OH is 1. The van der Waals surface area contributed by atoms with Gasteiger partial charge in [-0.1, -0.05) is 12.1 Å². The van der Waals surface area contributed by atoms with Crippen molar-refractivity contribution in [3.8, 4) is 0 Å². The number of nitrogens with zero attached hydrogens (tertiary/aromatic N) is 1. The molecule has 1 aromatic carbocycles. The van der Waals surface area contributed by atoms with Gasteiger partial charge in [-0.25, -0.2) is 0 Å². The fourth-order valence-electron chi connectivity index (χ4n) is 1.65. The zero-order valence-electron chi connectivity index (χ0n) is 9.56. The van der Waals surface area contributed by atoms with Crippen LogP contribution in [0.15, 0.2) is 39.5 Å². The predicted molar refractivity (Wildman–Crippen MR) is 76.5 cm³/mol. The number of anilines is 1. The third-order valence-corrected chi connectivity index (χ3v) is 4.15. The van der Waals surface area contributed by atoms with E-state index in [-0.39, 0.29) is 6.61 Å². The van der Waals surface area contributed by atoms with Crippen molar-refractivity contribution in [3.05, 3.63) is 50.6 Å². The minimum atomic E-state index is 0.0987. The Morgan fingerprint density at radius 1 is 1.24 bits per heavy atom. The molecule has 2 rings (SSSR count). The predicted octanol–water partition coefficient (Wildman–Crippen LogP) is 3.64. The van der Waals surface area contributed by atoms with Crippen molar-refractivity contribution in [1.82, 2.24) is 0 Å². The van der Waals surface area contributed by atoms with E-state index >= 15 is 0 Å². The van der Waals surface area contributed by atoms with E-state index < -0.39 is 0 Å². The lowest BCUT2D eigenvalue weighted by Gasteiger charge is -2.18. The third kappa shape index (κ3) is 3.31. The maximum absolute atomic E-state index is 8.99. The van der Waals surface area contributed by atoms with E-state index in [0.717, 1.165) is 21.6 Å². The quantitative estimate of drug-likeness (QED) is 0.932. The van der Waals surface area contributed by atoms with Gasteiger partial charge in [0.1, 0.15) is 0 Å². The molecule has 90 valence electrons. The minimum Gasteiger partial charge on any atom is -0.392 e. The highest BCUT2D eigenvalue weighted by molar-refractivity contribution is 9.11. The summed E-state index contributed by atoms with van der Waals surface area (Å²) in [7, 11) is 2.07.